The molecule has 0 bridgehead atoms. The highest BCUT2D eigenvalue weighted by Crippen LogP contribution is 2.20. The van der Waals surface area contributed by atoms with E-state index in [0.717, 1.165) is 0 Å². The Hall–Kier alpha value is -1.97. The number of halogens is 1. The molecule has 0 aromatic heterocycles. The van der Waals surface area contributed by atoms with Gasteiger partial charge in [0.25, 0.3) is 0 Å². The summed E-state index contributed by atoms with van der Waals surface area (Å²) in [5.74, 6) is -1.50. The van der Waals surface area contributed by atoms with Gasteiger partial charge in [-0.2, -0.15) is 5.26 Å². The maximum atomic E-state index is 13.3. The van der Waals surface area contributed by atoms with E-state index in [9.17, 15) is 9.18 Å². The number of nitriles is 1. The van der Waals surface area contributed by atoms with Crippen molar-refractivity contribution in [1.29, 1.82) is 5.26 Å². The van der Waals surface area contributed by atoms with Crippen molar-refractivity contribution in [1.82, 2.24) is 0 Å². The van der Waals surface area contributed by atoms with Gasteiger partial charge in [-0.15, -0.1) is 0 Å². The van der Waals surface area contributed by atoms with Gasteiger partial charge in [-0.25, -0.2) is 4.39 Å². The van der Waals surface area contributed by atoms with E-state index in [1.165, 1.54) is 18.2 Å². The van der Waals surface area contributed by atoms with Crippen LogP contribution in [0.3, 0.4) is 0 Å². The minimum atomic E-state index is -0.665. The molecule has 2 unspecified atom stereocenters. The molecule has 0 aliphatic carbocycles. The number of hydrogen-bond donors (Lipinski definition) is 2. The maximum Gasteiger partial charge on any atom is 0.231 e. The van der Waals surface area contributed by atoms with Gasteiger partial charge in [0.15, 0.2) is 0 Å². The number of nitrogens with zero attached hydrogens (tertiary/aromatic N) is 1. The van der Waals surface area contributed by atoms with Crippen LogP contribution < -0.4 is 11.1 Å². The number of carbonyl (C=O) groups excluding carboxylic acids is 1. The molecule has 1 fully saturated rings. The molecule has 1 heterocycles. The SMILES string of the molecule is N#Cc1c(F)cccc1NC(=O)C1COCC1N. The first kappa shape index (κ1) is 12.5. The predicted molar refractivity (Wildman–Crippen MR) is 62.0 cm³/mol. The second-order valence-electron chi connectivity index (χ2n) is 4.07. The van der Waals surface area contributed by atoms with Gasteiger partial charge >= 0.3 is 0 Å². The van der Waals surface area contributed by atoms with E-state index < -0.39 is 11.7 Å². The van der Waals surface area contributed by atoms with E-state index in [1.807, 2.05) is 0 Å². The van der Waals surface area contributed by atoms with Crippen LogP contribution in [0, 0.1) is 23.1 Å². The van der Waals surface area contributed by atoms with E-state index in [0.29, 0.717) is 6.61 Å². The molecule has 0 saturated carbocycles. The zero-order valence-electron chi connectivity index (χ0n) is 9.52. The van der Waals surface area contributed by atoms with Crippen molar-refractivity contribution in [2.45, 2.75) is 6.04 Å². The molecule has 94 valence electrons. The van der Waals surface area contributed by atoms with Crippen LogP contribution in [0.15, 0.2) is 18.2 Å². The summed E-state index contributed by atoms with van der Waals surface area (Å²) in [7, 11) is 0. The normalized spacial score (nSPS) is 22.5. The van der Waals surface area contributed by atoms with Crippen LogP contribution in [0.5, 0.6) is 0 Å². The molecule has 0 radical (unpaired) electrons. The molecular weight excluding hydrogens is 237 g/mol. The van der Waals surface area contributed by atoms with Crippen molar-refractivity contribution in [3.8, 4) is 6.07 Å². The molecule has 18 heavy (non-hydrogen) atoms. The Bertz CT molecular complexity index is 513. The molecule has 1 aliphatic heterocycles. The third-order valence-corrected chi connectivity index (χ3v) is 2.84. The van der Waals surface area contributed by atoms with Gasteiger partial charge in [0.2, 0.25) is 5.91 Å². The van der Waals surface area contributed by atoms with Gasteiger partial charge < -0.3 is 15.8 Å². The second-order valence-corrected chi connectivity index (χ2v) is 4.07. The lowest BCUT2D eigenvalue weighted by Crippen LogP contribution is -2.37. The van der Waals surface area contributed by atoms with Crippen molar-refractivity contribution >= 4 is 11.6 Å². The number of amides is 1. The van der Waals surface area contributed by atoms with E-state index in [1.54, 1.807) is 6.07 Å². The van der Waals surface area contributed by atoms with Gasteiger partial charge in [-0.05, 0) is 12.1 Å². The molecule has 2 atom stereocenters. The predicted octanol–water partition coefficient (Wildman–Crippen LogP) is 0.610. The van der Waals surface area contributed by atoms with Gasteiger partial charge in [0, 0.05) is 6.04 Å². The molecule has 2 rings (SSSR count). The summed E-state index contributed by atoms with van der Waals surface area (Å²) in [5.41, 5.74) is 5.68. The number of nitrogens with one attached hydrogen (secondary N) is 1. The number of benzene rings is 1. The van der Waals surface area contributed by atoms with Crippen molar-refractivity contribution < 1.29 is 13.9 Å². The molecule has 5 nitrogen and oxygen atoms in total. The summed E-state index contributed by atoms with van der Waals surface area (Å²) < 4.78 is 18.4. The van der Waals surface area contributed by atoms with Crippen LogP contribution in [0.25, 0.3) is 0 Å². The summed E-state index contributed by atoms with van der Waals surface area (Å²) in [6.45, 7) is 0.566. The first-order chi connectivity index (χ1) is 8.63. The Morgan fingerprint density at radius 1 is 1.56 bits per heavy atom. The van der Waals surface area contributed by atoms with E-state index in [2.05, 4.69) is 5.32 Å². The molecule has 6 heteroatoms. The minimum Gasteiger partial charge on any atom is -0.379 e. The Balaban J connectivity index is 2.17. The van der Waals surface area contributed by atoms with Crippen LogP contribution in [-0.4, -0.2) is 25.2 Å². The van der Waals surface area contributed by atoms with Crippen molar-refractivity contribution in [2.24, 2.45) is 11.7 Å². The number of carbonyl (C=O) groups is 1. The number of hydrogen-bond acceptors (Lipinski definition) is 4. The van der Waals surface area contributed by atoms with E-state index >= 15 is 0 Å². The average molecular weight is 249 g/mol. The second kappa shape index (κ2) is 5.12. The summed E-state index contributed by atoms with van der Waals surface area (Å²) >= 11 is 0. The molecular formula is C12H12FN3O2. The summed E-state index contributed by atoms with van der Waals surface area (Å²) in [4.78, 5) is 11.9. The van der Waals surface area contributed by atoms with E-state index in [-0.39, 0.29) is 29.8 Å². The maximum absolute atomic E-state index is 13.3. The summed E-state index contributed by atoms with van der Waals surface area (Å²) in [5, 5.41) is 11.4. The molecule has 1 aromatic carbocycles. The smallest absolute Gasteiger partial charge is 0.231 e. The zero-order valence-corrected chi connectivity index (χ0v) is 9.52. The third-order valence-electron chi connectivity index (χ3n) is 2.84. The Morgan fingerprint density at radius 2 is 2.33 bits per heavy atom. The molecule has 1 aliphatic rings. The van der Waals surface area contributed by atoms with Crippen molar-refractivity contribution in [3.63, 3.8) is 0 Å². The van der Waals surface area contributed by atoms with Crippen LogP contribution in [0.4, 0.5) is 10.1 Å². The average Bonchev–Trinajstić information content (AvgIpc) is 2.76. The largest absolute Gasteiger partial charge is 0.379 e. The zero-order chi connectivity index (χ0) is 13.1. The van der Waals surface area contributed by atoms with Crippen LogP contribution in [-0.2, 0) is 9.53 Å². The van der Waals surface area contributed by atoms with Gasteiger partial charge in [0.05, 0.1) is 24.8 Å². The standard InChI is InChI=1S/C12H12FN3O2/c13-9-2-1-3-11(7(9)4-14)16-12(17)8-5-18-6-10(8)15/h1-3,8,10H,5-6,15H2,(H,16,17). The summed E-state index contributed by atoms with van der Waals surface area (Å²) in [6.07, 6.45) is 0. The molecule has 1 aromatic rings. The van der Waals surface area contributed by atoms with Gasteiger partial charge in [0.1, 0.15) is 17.4 Å². The number of anilines is 1. The number of rotatable bonds is 2. The lowest BCUT2D eigenvalue weighted by Gasteiger charge is -2.14. The molecule has 1 amide bonds. The quantitative estimate of drug-likeness (QED) is 0.803. The number of nitrogens with two attached hydrogens (primary N) is 1. The van der Waals surface area contributed by atoms with Gasteiger partial charge in [-0.1, -0.05) is 6.07 Å². The first-order valence-corrected chi connectivity index (χ1v) is 5.46. The summed E-state index contributed by atoms with van der Waals surface area (Å²) in [6, 6.07) is 5.41. The lowest BCUT2D eigenvalue weighted by atomic mass is 10.0. The highest BCUT2D eigenvalue weighted by Gasteiger charge is 2.31. The van der Waals surface area contributed by atoms with Crippen molar-refractivity contribution in [3.05, 3.63) is 29.6 Å². The fourth-order valence-electron chi connectivity index (χ4n) is 1.81. The van der Waals surface area contributed by atoms with E-state index in [4.69, 9.17) is 15.7 Å². The Labute approximate surface area is 103 Å². The van der Waals surface area contributed by atoms with Crippen LogP contribution in [0.1, 0.15) is 5.56 Å². The number of ether oxygens (including phenoxy) is 1. The third kappa shape index (κ3) is 2.32. The van der Waals surface area contributed by atoms with Crippen molar-refractivity contribution in [2.75, 3.05) is 18.5 Å². The van der Waals surface area contributed by atoms with Crippen LogP contribution in [0.2, 0.25) is 0 Å². The molecule has 3 N–H and O–H groups in total. The fourth-order valence-corrected chi connectivity index (χ4v) is 1.81. The highest BCUT2D eigenvalue weighted by atomic mass is 19.1. The lowest BCUT2D eigenvalue weighted by molar-refractivity contribution is -0.120. The fraction of sp³-hybridized carbons (Fsp3) is 0.333. The monoisotopic (exact) mass is 249 g/mol. The van der Waals surface area contributed by atoms with Gasteiger partial charge in [-0.3, -0.25) is 4.79 Å². The Morgan fingerprint density at radius 3 is 2.94 bits per heavy atom. The minimum absolute atomic E-state index is 0.154. The highest BCUT2D eigenvalue weighted by molar-refractivity contribution is 5.94. The molecule has 0 spiro atoms. The molecule has 1 saturated heterocycles. The topological polar surface area (TPSA) is 88.1 Å². The van der Waals surface area contributed by atoms with Crippen LogP contribution >= 0.6 is 0 Å². The first-order valence-electron chi connectivity index (χ1n) is 5.46. The Kier molecular flexibility index (Phi) is 3.55.